The minimum atomic E-state index is -4.68. The first-order valence-electron chi connectivity index (χ1n) is 15.0. The Morgan fingerprint density at radius 3 is 2.49 bits per heavy atom. The summed E-state index contributed by atoms with van der Waals surface area (Å²) < 4.78 is 53.3. The monoisotopic (exact) mass is 643 g/mol. The highest BCUT2D eigenvalue weighted by atomic mass is 32.1. The summed E-state index contributed by atoms with van der Waals surface area (Å²) in [5.41, 5.74) is -0.926. The maximum Gasteiger partial charge on any atom is 0.420 e. The van der Waals surface area contributed by atoms with Gasteiger partial charge in [-0.1, -0.05) is 19.1 Å². The van der Waals surface area contributed by atoms with Crippen molar-refractivity contribution < 1.29 is 32.2 Å². The van der Waals surface area contributed by atoms with E-state index in [0.29, 0.717) is 31.6 Å². The van der Waals surface area contributed by atoms with E-state index in [4.69, 9.17) is 9.47 Å². The van der Waals surface area contributed by atoms with Gasteiger partial charge in [-0.25, -0.2) is 14.8 Å². The van der Waals surface area contributed by atoms with Crippen LogP contribution in [0.25, 0.3) is 10.6 Å². The lowest BCUT2D eigenvalue weighted by molar-refractivity contribution is -0.137. The number of benzene rings is 1. The lowest BCUT2D eigenvalue weighted by Gasteiger charge is -2.37. The van der Waals surface area contributed by atoms with Crippen LogP contribution < -0.4 is 10.1 Å². The summed E-state index contributed by atoms with van der Waals surface area (Å²) in [4.78, 5) is 39.1. The molecule has 240 valence electrons. The smallest absolute Gasteiger partial charge is 0.420 e. The molecule has 0 radical (unpaired) electrons. The lowest BCUT2D eigenvalue weighted by atomic mass is 9.94. The maximum atomic E-state index is 14.2. The van der Waals surface area contributed by atoms with E-state index in [9.17, 15) is 22.8 Å². The molecule has 2 aliphatic heterocycles. The van der Waals surface area contributed by atoms with Gasteiger partial charge in [-0.15, -0.1) is 11.3 Å². The first-order chi connectivity index (χ1) is 21.2. The molecule has 1 N–H and O–H groups in total. The van der Waals surface area contributed by atoms with E-state index >= 15 is 0 Å². The molecule has 0 bridgehead atoms. The molecule has 3 aromatic rings. The number of carbonyl (C=O) groups excluding carboxylic acids is 2. The number of carbonyl (C=O) groups is 2. The molecule has 1 aromatic carbocycles. The summed E-state index contributed by atoms with van der Waals surface area (Å²) in [7, 11) is 1.59. The number of nitrogens with zero attached hydrogens (tertiary/aromatic N) is 4. The number of anilines is 1. The van der Waals surface area contributed by atoms with Crippen molar-refractivity contribution in [3.05, 3.63) is 58.1 Å². The molecule has 2 atom stereocenters. The minimum absolute atomic E-state index is 0.0322. The molecule has 1 saturated carbocycles. The summed E-state index contributed by atoms with van der Waals surface area (Å²) in [5.74, 6) is 0.571. The number of ether oxygens (including phenoxy) is 2. The van der Waals surface area contributed by atoms with Gasteiger partial charge in [-0.05, 0) is 69.7 Å². The molecule has 0 unspecified atom stereocenters. The van der Waals surface area contributed by atoms with Crippen molar-refractivity contribution in [2.75, 3.05) is 25.5 Å². The van der Waals surface area contributed by atoms with Crippen LogP contribution >= 0.6 is 11.3 Å². The molecule has 1 saturated heterocycles. The van der Waals surface area contributed by atoms with Crippen molar-refractivity contribution in [3.63, 3.8) is 0 Å². The molecule has 2 fully saturated rings. The molecular formula is C32H36F3N5O4S. The second-order valence-electron chi connectivity index (χ2n) is 13.0. The van der Waals surface area contributed by atoms with Crippen molar-refractivity contribution in [1.82, 2.24) is 19.8 Å². The predicted octanol–water partition coefficient (Wildman–Crippen LogP) is 6.94. The quantitative estimate of drug-likeness (QED) is 0.311. The van der Waals surface area contributed by atoms with Crippen LogP contribution in [0.5, 0.6) is 5.75 Å². The zero-order chi connectivity index (χ0) is 32.3. The summed E-state index contributed by atoms with van der Waals surface area (Å²) in [6.45, 7) is 8.64. The maximum absolute atomic E-state index is 14.2. The van der Waals surface area contributed by atoms with Crippen molar-refractivity contribution >= 4 is 29.3 Å². The first kappa shape index (κ1) is 31.1. The molecule has 2 aromatic heterocycles. The van der Waals surface area contributed by atoms with Crippen LogP contribution in [0.2, 0.25) is 0 Å². The van der Waals surface area contributed by atoms with Gasteiger partial charge in [0.1, 0.15) is 16.9 Å². The Morgan fingerprint density at radius 1 is 1.18 bits per heavy atom. The van der Waals surface area contributed by atoms with Gasteiger partial charge in [0.05, 0.1) is 28.8 Å². The molecule has 13 heteroatoms. The zero-order valence-corrected chi connectivity index (χ0v) is 26.6. The van der Waals surface area contributed by atoms with Crippen LogP contribution in [0.4, 0.5) is 23.9 Å². The van der Waals surface area contributed by atoms with Crippen molar-refractivity contribution in [2.24, 2.45) is 5.92 Å². The third-order valence-electron chi connectivity index (χ3n) is 8.57. The Hall–Kier alpha value is -3.87. The van der Waals surface area contributed by atoms with Gasteiger partial charge in [0.15, 0.2) is 0 Å². The number of halogens is 3. The number of piperidine rings is 1. The highest BCUT2D eigenvalue weighted by Gasteiger charge is 2.59. The number of alkyl halides is 3. The summed E-state index contributed by atoms with van der Waals surface area (Å²) in [5, 5.41) is 3.21. The molecule has 4 heterocycles. The fourth-order valence-electron chi connectivity index (χ4n) is 6.09. The molecule has 9 nitrogen and oxygen atoms in total. The van der Waals surface area contributed by atoms with Gasteiger partial charge in [-0.2, -0.15) is 13.2 Å². The molecule has 3 aliphatic rings. The summed E-state index contributed by atoms with van der Waals surface area (Å²) in [6.07, 6.45) is -2.21. The number of methoxy groups -OCH3 is 1. The van der Waals surface area contributed by atoms with Crippen molar-refractivity contribution in [2.45, 2.75) is 76.9 Å². The van der Waals surface area contributed by atoms with E-state index in [0.717, 1.165) is 35.2 Å². The average molecular weight is 644 g/mol. The van der Waals surface area contributed by atoms with Crippen LogP contribution in [0, 0.1) is 5.92 Å². The van der Waals surface area contributed by atoms with Gasteiger partial charge in [0.25, 0.3) is 5.91 Å². The largest absolute Gasteiger partial charge is 0.497 e. The van der Waals surface area contributed by atoms with Crippen molar-refractivity contribution in [3.8, 4) is 16.3 Å². The Morgan fingerprint density at radius 2 is 1.89 bits per heavy atom. The highest BCUT2D eigenvalue weighted by Crippen LogP contribution is 2.60. The Balaban J connectivity index is 1.23. The number of hydrogen-bond acceptors (Lipinski definition) is 8. The van der Waals surface area contributed by atoms with Crippen LogP contribution in [-0.4, -0.2) is 63.6 Å². The second-order valence-corrected chi connectivity index (χ2v) is 14.1. The lowest BCUT2D eigenvalue weighted by Crippen LogP contribution is -2.49. The van der Waals surface area contributed by atoms with Crippen molar-refractivity contribution in [1.29, 1.82) is 0 Å². The summed E-state index contributed by atoms with van der Waals surface area (Å²) >= 11 is 1.20. The Labute approximate surface area is 263 Å². The third kappa shape index (κ3) is 6.06. The average Bonchev–Trinajstić information content (AvgIpc) is 3.60. The first-order valence-corrected chi connectivity index (χ1v) is 15.8. The van der Waals surface area contributed by atoms with Gasteiger partial charge in [0.2, 0.25) is 5.95 Å². The van der Waals surface area contributed by atoms with Crippen LogP contribution in [0.3, 0.4) is 0 Å². The van der Waals surface area contributed by atoms with Crippen LogP contribution in [-0.2, 0) is 23.0 Å². The zero-order valence-electron chi connectivity index (χ0n) is 25.8. The van der Waals surface area contributed by atoms with Crippen LogP contribution in [0.1, 0.15) is 73.3 Å². The molecule has 2 amide bonds. The Bertz CT molecular complexity index is 1610. The van der Waals surface area contributed by atoms with E-state index in [-0.39, 0.29) is 34.4 Å². The third-order valence-corrected chi connectivity index (χ3v) is 9.90. The van der Waals surface area contributed by atoms with E-state index in [1.165, 1.54) is 11.3 Å². The standard InChI is InChI=1S/C32H36F3N5O4S/c1-18-16-39(29(42)44-30(2,3)4)13-10-23(18)37-28-36-15-22(32(33,34)35)25(38-28)24-14-21-26(45-24)31(11-12-31)40(27(21)41)17-19-6-8-20(43-5)9-7-19/h6-9,14-15,18,23H,10-13,16-17H2,1-5H3,(H,36,37,38)/t18-,23+/m1/s1. The fraction of sp³-hybridized carbons (Fsp3) is 0.500. The molecule has 45 heavy (non-hydrogen) atoms. The van der Waals surface area contributed by atoms with E-state index in [1.807, 2.05) is 56.9 Å². The number of hydrogen-bond donors (Lipinski definition) is 1. The SMILES string of the molecule is COc1ccc(CN2C(=O)c3cc(-c4nc(N[C@H]5CCN(C(=O)OC(C)(C)C)C[C@H]5C)ncc4C(F)(F)F)sc3C23CC3)cc1. The van der Waals surface area contributed by atoms with Gasteiger partial charge in [-0.3, -0.25) is 4.79 Å². The molecular weight excluding hydrogens is 607 g/mol. The minimum Gasteiger partial charge on any atom is -0.497 e. The second kappa shape index (κ2) is 11.2. The normalized spacial score (nSPS) is 20.8. The number of thiophene rings is 1. The molecule has 6 rings (SSSR count). The number of aromatic nitrogens is 2. The number of likely N-dealkylation sites (tertiary alicyclic amines) is 1. The highest BCUT2D eigenvalue weighted by molar-refractivity contribution is 7.16. The number of rotatable bonds is 6. The number of fused-ring (bicyclic) bond motifs is 2. The van der Waals surface area contributed by atoms with Gasteiger partial charge >= 0.3 is 12.3 Å². The topological polar surface area (TPSA) is 96.9 Å². The number of amides is 2. The van der Waals surface area contributed by atoms with Crippen LogP contribution in [0.15, 0.2) is 36.5 Å². The summed E-state index contributed by atoms with van der Waals surface area (Å²) in [6, 6.07) is 8.89. The Kier molecular flexibility index (Phi) is 7.73. The van der Waals surface area contributed by atoms with Gasteiger partial charge in [0, 0.05) is 36.8 Å². The number of nitrogens with one attached hydrogen (secondary N) is 1. The molecule has 1 spiro atoms. The van der Waals surface area contributed by atoms with E-state index in [1.54, 1.807) is 18.1 Å². The fourth-order valence-corrected chi connectivity index (χ4v) is 7.50. The van der Waals surface area contributed by atoms with Gasteiger partial charge < -0.3 is 24.6 Å². The molecule has 1 aliphatic carbocycles. The predicted molar refractivity (Wildman–Crippen MR) is 163 cm³/mol. The van der Waals surface area contributed by atoms with E-state index < -0.39 is 29.0 Å². The van der Waals surface area contributed by atoms with E-state index in [2.05, 4.69) is 15.3 Å².